The molecule has 4 nitrogen and oxygen atoms in total. The molecule has 2 aromatic rings. The van der Waals surface area contributed by atoms with Crippen molar-refractivity contribution in [2.75, 3.05) is 6.54 Å². The van der Waals surface area contributed by atoms with E-state index in [1.807, 2.05) is 40.7 Å². The Morgan fingerprint density at radius 3 is 2.38 bits per heavy atom. The standard InChI is InChI=1S/C20H28N2O2/c1-19(2,3)24-18(23)22-20(4,5)14-21-13-16-11-8-10-15-9-6-7-12-17(15)16/h6-12,21H,13-14H2,1-5H3,(H,22,23). The molecule has 0 unspecified atom stereocenters. The van der Waals surface area contributed by atoms with E-state index in [9.17, 15) is 4.79 Å². The van der Waals surface area contributed by atoms with Gasteiger partial charge in [-0.15, -0.1) is 0 Å². The smallest absolute Gasteiger partial charge is 0.408 e. The molecule has 0 saturated carbocycles. The predicted molar refractivity (Wildman–Crippen MR) is 99.1 cm³/mol. The van der Waals surface area contributed by atoms with Crippen molar-refractivity contribution in [3.63, 3.8) is 0 Å². The van der Waals surface area contributed by atoms with E-state index in [-0.39, 0.29) is 6.09 Å². The number of hydrogen-bond donors (Lipinski definition) is 2. The Hall–Kier alpha value is -2.07. The second-order valence-electron chi connectivity index (χ2n) is 7.75. The van der Waals surface area contributed by atoms with E-state index in [0.717, 1.165) is 6.54 Å². The zero-order valence-electron chi connectivity index (χ0n) is 15.3. The summed E-state index contributed by atoms with van der Waals surface area (Å²) in [6, 6.07) is 14.7. The summed E-state index contributed by atoms with van der Waals surface area (Å²) in [7, 11) is 0. The van der Waals surface area contributed by atoms with Crippen molar-refractivity contribution in [2.45, 2.75) is 52.3 Å². The minimum Gasteiger partial charge on any atom is -0.444 e. The number of fused-ring (bicyclic) bond motifs is 1. The van der Waals surface area contributed by atoms with E-state index in [1.54, 1.807) is 0 Å². The lowest BCUT2D eigenvalue weighted by molar-refractivity contribution is 0.0472. The fourth-order valence-corrected chi connectivity index (χ4v) is 2.58. The highest BCUT2D eigenvalue weighted by atomic mass is 16.6. The Morgan fingerprint density at radius 1 is 1.00 bits per heavy atom. The van der Waals surface area contributed by atoms with Crippen LogP contribution in [0.4, 0.5) is 4.79 Å². The van der Waals surface area contributed by atoms with Gasteiger partial charge in [-0.25, -0.2) is 4.79 Å². The molecule has 0 aliphatic carbocycles. The number of benzene rings is 2. The second-order valence-corrected chi connectivity index (χ2v) is 7.75. The number of amides is 1. The van der Waals surface area contributed by atoms with E-state index in [1.165, 1.54) is 16.3 Å². The molecule has 4 heteroatoms. The third-order valence-electron chi connectivity index (χ3n) is 3.60. The molecule has 0 spiro atoms. The van der Waals surface area contributed by atoms with Crippen LogP contribution < -0.4 is 10.6 Å². The molecule has 0 saturated heterocycles. The van der Waals surface area contributed by atoms with Crippen LogP contribution in [0.25, 0.3) is 10.8 Å². The van der Waals surface area contributed by atoms with Crippen LogP contribution in [0.2, 0.25) is 0 Å². The Morgan fingerprint density at radius 2 is 1.67 bits per heavy atom. The van der Waals surface area contributed by atoms with E-state index >= 15 is 0 Å². The zero-order chi connectivity index (χ0) is 17.8. The predicted octanol–water partition coefficient (Wildman–Crippen LogP) is 4.23. The normalized spacial score (nSPS) is 12.2. The first-order valence-electron chi connectivity index (χ1n) is 8.35. The van der Waals surface area contributed by atoms with Gasteiger partial charge in [0.25, 0.3) is 0 Å². The van der Waals surface area contributed by atoms with Crippen molar-refractivity contribution in [1.82, 2.24) is 10.6 Å². The van der Waals surface area contributed by atoms with Gasteiger partial charge in [0.2, 0.25) is 0 Å². The molecule has 130 valence electrons. The average molecular weight is 328 g/mol. The third-order valence-corrected chi connectivity index (χ3v) is 3.60. The Kier molecular flexibility index (Phi) is 5.50. The molecule has 2 N–H and O–H groups in total. The first kappa shape index (κ1) is 18.3. The average Bonchev–Trinajstić information content (AvgIpc) is 2.44. The maximum atomic E-state index is 11.9. The Labute approximate surface area is 144 Å². The molecule has 0 aliphatic heterocycles. The number of ether oxygens (including phenoxy) is 1. The lowest BCUT2D eigenvalue weighted by Crippen LogP contribution is -2.51. The number of rotatable bonds is 5. The fourth-order valence-electron chi connectivity index (χ4n) is 2.58. The first-order valence-corrected chi connectivity index (χ1v) is 8.35. The number of alkyl carbamates (subject to hydrolysis) is 1. The van der Waals surface area contributed by atoms with E-state index < -0.39 is 11.1 Å². The summed E-state index contributed by atoms with van der Waals surface area (Å²) < 4.78 is 5.32. The Bertz CT molecular complexity index is 697. The molecule has 0 radical (unpaired) electrons. The van der Waals surface area contributed by atoms with E-state index in [4.69, 9.17) is 4.74 Å². The molecule has 2 rings (SSSR count). The molecule has 0 fully saturated rings. The van der Waals surface area contributed by atoms with Crippen LogP contribution in [-0.2, 0) is 11.3 Å². The minimum absolute atomic E-state index is 0.389. The van der Waals surface area contributed by atoms with Crippen molar-refractivity contribution in [3.05, 3.63) is 48.0 Å². The van der Waals surface area contributed by atoms with Gasteiger partial charge in [0.15, 0.2) is 0 Å². The van der Waals surface area contributed by atoms with Crippen LogP contribution in [0, 0.1) is 0 Å². The number of hydrogen-bond acceptors (Lipinski definition) is 3. The molecule has 0 aromatic heterocycles. The molecule has 0 aliphatic rings. The zero-order valence-corrected chi connectivity index (χ0v) is 15.3. The highest BCUT2D eigenvalue weighted by Gasteiger charge is 2.24. The summed E-state index contributed by atoms with van der Waals surface area (Å²) in [5.74, 6) is 0. The lowest BCUT2D eigenvalue weighted by atomic mass is 10.0. The molecule has 24 heavy (non-hydrogen) atoms. The summed E-state index contributed by atoms with van der Waals surface area (Å²) in [6.45, 7) is 10.9. The molecule has 1 amide bonds. The molecule has 0 heterocycles. The van der Waals surface area contributed by atoms with Crippen molar-refractivity contribution in [1.29, 1.82) is 0 Å². The van der Waals surface area contributed by atoms with Crippen molar-refractivity contribution < 1.29 is 9.53 Å². The summed E-state index contributed by atoms with van der Waals surface area (Å²) in [4.78, 5) is 11.9. The number of nitrogens with one attached hydrogen (secondary N) is 2. The van der Waals surface area contributed by atoms with Gasteiger partial charge in [-0.3, -0.25) is 0 Å². The van der Waals surface area contributed by atoms with Gasteiger partial charge < -0.3 is 15.4 Å². The molecule has 0 atom stereocenters. The van der Waals surface area contributed by atoms with Crippen molar-refractivity contribution in [2.24, 2.45) is 0 Å². The number of carbonyl (C=O) groups excluding carboxylic acids is 1. The van der Waals surface area contributed by atoms with Crippen LogP contribution in [0.15, 0.2) is 42.5 Å². The number of carbonyl (C=O) groups is 1. The maximum Gasteiger partial charge on any atom is 0.408 e. The fraction of sp³-hybridized carbons (Fsp3) is 0.450. The van der Waals surface area contributed by atoms with Crippen LogP contribution in [-0.4, -0.2) is 23.8 Å². The summed E-state index contributed by atoms with van der Waals surface area (Å²) in [5.41, 5.74) is 0.366. The third kappa shape index (κ3) is 5.53. The van der Waals surface area contributed by atoms with Gasteiger partial charge in [-0.2, -0.15) is 0 Å². The van der Waals surface area contributed by atoms with Gasteiger partial charge in [-0.1, -0.05) is 42.5 Å². The van der Waals surface area contributed by atoms with Gasteiger partial charge >= 0.3 is 6.09 Å². The van der Waals surface area contributed by atoms with Crippen LogP contribution >= 0.6 is 0 Å². The topological polar surface area (TPSA) is 50.4 Å². The summed E-state index contributed by atoms with van der Waals surface area (Å²) in [5, 5.41) is 8.84. The lowest BCUT2D eigenvalue weighted by Gasteiger charge is -2.29. The van der Waals surface area contributed by atoms with Crippen molar-refractivity contribution >= 4 is 16.9 Å². The monoisotopic (exact) mass is 328 g/mol. The molecular formula is C20H28N2O2. The maximum absolute atomic E-state index is 11.9. The molecular weight excluding hydrogens is 300 g/mol. The Balaban J connectivity index is 1.91. The van der Waals surface area contributed by atoms with Crippen LogP contribution in [0.5, 0.6) is 0 Å². The van der Waals surface area contributed by atoms with Gasteiger partial charge in [0, 0.05) is 13.1 Å². The highest BCUT2D eigenvalue weighted by molar-refractivity contribution is 5.85. The van der Waals surface area contributed by atoms with E-state index in [2.05, 4.69) is 47.0 Å². The van der Waals surface area contributed by atoms with Gasteiger partial charge in [0.1, 0.15) is 5.60 Å². The quantitative estimate of drug-likeness (QED) is 0.863. The van der Waals surface area contributed by atoms with Gasteiger partial charge in [-0.05, 0) is 51.0 Å². The summed E-state index contributed by atoms with van der Waals surface area (Å²) in [6.07, 6.45) is -0.389. The largest absolute Gasteiger partial charge is 0.444 e. The SMILES string of the molecule is CC(C)(CNCc1cccc2ccccc12)NC(=O)OC(C)(C)C. The highest BCUT2D eigenvalue weighted by Crippen LogP contribution is 2.18. The molecule has 0 bridgehead atoms. The summed E-state index contributed by atoms with van der Waals surface area (Å²) >= 11 is 0. The van der Waals surface area contributed by atoms with Crippen LogP contribution in [0.1, 0.15) is 40.2 Å². The minimum atomic E-state index is -0.490. The second kappa shape index (κ2) is 7.22. The van der Waals surface area contributed by atoms with Crippen molar-refractivity contribution in [3.8, 4) is 0 Å². The van der Waals surface area contributed by atoms with E-state index in [0.29, 0.717) is 6.54 Å². The first-order chi connectivity index (χ1) is 11.2. The van der Waals surface area contributed by atoms with Gasteiger partial charge in [0.05, 0.1) is 5.54 Å². The molecule has 2 aromatic carbocycles. The van der Waals surface area contributed by atoms with Crippen LogP contribution in [0.3, 0.4) is 0 Å².